The number of rotatable bonds is 0. The Balaban J connectivity index is 0.000000640. The largest absolute Gasteiger partial charge is 0.273 e. The monoisotopic (exact) mass is 128 g/mol. The van der Waals surface area contributed by atoms with Crippen molar-refractivity contribution in [1.82, 2.24) is 5.01 Å². The number of hydrogen-bond acceptors (Lipinski definition) is 2. The lowest BCUT2D eigenvalue weighted by Gasteiger charge is -2.12. The molecule has 1 aliphatic rings. The lowest BCUT2D eigenvalue weighted by Crippen LogP contribution is -2.23. The standard InChI is InChI=1S/C5H8N2O.CH4/c1-7-5(8)3-2-4-6-7;/h4H,2-3H2,1H3;1H4. The molecular weight excluding hydrogens is 116 g/mol. The molecule has 9 heavy (non-hydrogen) atoms. The maximum Gasteiger partial charge on any atom is 0.242 e. The number of hydrazone groups is 1. The van der Waals surface area contributed by atoms with Crippen molar-refractivity contribution in [3.05, 3.63) is 0 Å². The van der Waals surface area contributed by atoms with Gasteiger partial charge in [-0.1, -0.05) is 7.43 Å². The SMILES string of the molecule is C.CN1N=CCCC1=O. The van der Waals surface area contributed by atoms with E-state index in [1.165, 1.54) is 5.01 Å². The molecule has 0 unspecified atom stereocenters. The molecule has 0 aromatic carbocycles. The third kappa shape index (κ3) is 1.83. The number of nitrogens with zero attached hydrogens (tertiary/aromatic N) is 2. The van der Waals surface area contributed by atoms with E-state index >= 15 is 0 Å². The highest BCUT2D eigenvalue weighted by Gasteiger charge is 2.08. The van der Waals surface area contributed by atoms with E-state index in [1.54, 1.807) is 13.3 Å². The first kappa shape index (κ1) is 8.14. The molecule has 0 atom stereocenters. The van der Waals surface area contributed by atoms with Crippen molar-refractivity contribution in [3.8, 4) is 0 Å². The molecule has 0 aromatic heterocycles. The first-order valence-corrected chi connectivity index (χ1v) is 2.59. The van der Waals surface area contributed by atoms with Crippen LogP contribution in [-0.4, -0.2) is 24.2 Å². The molecule has 0 bridgehead atoms. The van der Waals surface area contributed by atoms with Crippen molar-refractivity contribution in [2.75, 3.05) is 7.05 Å². The Labute approximate surface area is 55.4 Å². The first-order chi connectivity index (χ1) is 3.80. The van der Waals surface area contributed by atoms with E-state index in [0.717, 1.165) is 6.42 Å². The second kappa shape index (κ2) is 3.22. The van der Waals surface area contributed by atoms with E-state index in [0.29, 0.717) is 6.42 Å². The summed E-state index contributed by atoms with van der Waals surface area (Å²) in [7, 11) is 1.66. The summed E-state index contributed by atoms with van der Waals surface area (Å²) in [6.45, 7) is 0. The van der Waals surface area contributed by atoms with Gasteiger partial charge in [-0.2, -0.15) is 5.10 Å². The van der Waals surface area contributed by atoms with Gasteiger partial charge < -0.3 is 0 Å². The van der Waals surface area contributed by atoms with E-state index < -0.39 is 0 Å². The van der Waals surface area contributed by atoms with Crippen LogP contribution in [0.4, 0.5) is 0 Å². The Kier molecular flexibility index (Phi) is 2.91. The van der Waals surface area contributed by atoms with E-state index in [4.69, 9.17) is 0 Å². The zero-order chi connectivity index (χ0) is 5.98. The zero-order valence-corrected chi connectivity index (χ0v) is 4.79. The van der Waals surface area contributed by atoms with Crippen molar-refractivity contribution < 1.29 is 4.79 Å². The van der Waals surface area contributed by atoms with Gasteiger partial charge in [-0.3, -0.25) is 4.79 Å². The van der Waals surface area contributed by atoms with Crippen molar-refractivity contribution in [1.29, 1.82) is 0 Å². The minimum Gasteiger partial charge on any atom is -0.273 e. The third-order valence-electron chi connectivity index (χ3n) is 1.10. The van der Waals surface area contributed by atoms with E-state index in [-0.39, 0.29) is 13.3 Å². The molecule has 3 heteroatoms. The molecule has 0 saturated carbocycles. The van der Waals surface area contributed by atoms with E-state index in [2.05, 4.69) is 5.10 Å². The molecule has 52 valence electrons. The van der Waals surface area contributed by atoms with Gasteiger partial charge in [0.25, 0.3) is 0 Å². The highest BCUT2D eigenvalue weighted by molar-refractivity contribution is 5.81. The van der Waals surface area contributed by atoms with Gasteiger partial charge in [-0.15, -0.1) is 0 Å². The Bertz CT molecular complexity index is 131. The summed E-state index contributed by atoms with van der Waals surface area (Å²) in [5.74, 6) is 0.104. The van der Waals surface area contributed by atoms with Gasteiger partial charge >= 0.3 is 0 Å². The average Bonchev–Trinajstić information content (AvgIpc) is 1.77. The normalized spacial score (nSPS) is 17.4. The number of amides is 1. The van der Waals surface area contributed by atoms with Crippen LogP contribution in [0.15, 0.2) is 5.10 Å². The van der Waals surface area contributed by atoms with Crippen molar-refractivity contribution in [2.24, 2.45) is 5.10 Å². The van der Waals surface area contributed by atoms with E-state index in [1.807, 2.05) is 0 Å². The van der Waals surface area contributed by atoms with Gasteiger partial charge in [0.15, 0.2) is 0 Å². The predicted molar refractivity (Wildman–Crippen MR) is 37.2 cm³/mol. The summed E-state index contributed by atoms with van der Waals surface area (Å²) in [6.07, 6.45) is 3.16. The van der Waals surface area contributed by atoms with Crippen LogP contribution in [0.2, 0.25) is 0 Å². The second-order valence-corrected chi connectivity index (χ2v) is 1.75. The molecule has 0 aliphatic carbocycles. The lowest BCUT2D eigenvalue weighted by atomic mass is 10.3. The fourth-order valence-corrected chi connectivity index (χ4v) is 0.594. The van der Waals surface area contributed by atoms with Crippen molar-refractivity contribution in [3.63, 3.8) is 0 Å². The van der Waals surface area contributed by atoms with Crippen molar-refractivity contribution >= 4 is 12.1 Å². The number of carbonyl (C=O) groups excluding carboxylic acids is 1. The highest BCUT2D eigenvalue weighted by atomic mass is 16.2. The van der Waals surface area contributed by atoms with Crippen LogP contribution >= 0.6 is 0 Å². The summed E-state index contributed by atoms with van der Waals surface area (Å²) in [4.78, 5) is 10.6. The maximum absolute atomic E-state index is 10.6. The average molecular weight is 128 g/mol. The highest BCUT2D eigenvalue weighted by Crippen LogP contribution is 1.99. The van der Waals surface area contributed by atoms with Crippen LogP contribution in [0, 0.1) is 0 Å². The van der Waals surface area contributed by atoms with Gasteiger partial charge in [0.1, 0.15) is 0 Å². The van der Waals surface area contributed by atoms with Gasteiger partial charge in [0, 0.05) is 19.7 Å². The van der Waals surface area contributed by atoms with Crippen LogP contribution in [-0.2, 0) is 4.79 Å². The summed E-state index contributed by atoms with van der Waals surface area (Å²) < 4.78 is 0. The Morgan fingerprint density at radius 1 is 1.78 bits per heavy atom. The topological polar surface area (TPSA) is 32.7 Å². The van der Waals surface area contributed by atoms with Crippen LogP contribution < -0.4 is 0 Å². The molecular formula is C6H12N2O. The van der Waals surface area contributed by atoms with Gasteiger partial charge in [0.05, 0.1) is 0 Å². The maximum atomic E-state index is 10.6. The Morgan fingerprint density at radius 2 is 2.44 bits per heavy atom. The fraction of sp³-hybridized carbons (Fsp3) is 0.667. The smallest absolute Gasteiger partial charge is 0.242 e. The molecule has 0 aromatic rings. The molecule has 0 spiro atoms. The summed E-state index contributed by atoms with van der Waals surface area (Å²) in [6, 6.07) is 0. The van der Waals surface area contributed by atoms with Crippen molar-refractivity contribution in [2.45, 2.75) is 20.3 Å². The molecule has 0 saturated heterocycles. The van der Waals surface area contributed by atoms with Crippen LogP contribution in [0.3, 0.4) is 0 Å². The van der Waals surface area contributed by atoms with Gasteiger partial charge in [-0.05, 0) is 6.42 Å². The molecule has 1 rings (SSSR count). The molecule has 1 amide bonds. The van der Waals surface area contributed by atoms with E-state index in [9.17, 15) is 4.79 Å². The van der Waals surface area contributed by atoms with Crippen LogP contribution in [0.5, 0.6) is 0 Å². The van der Waals surface area contributed by atoms with Gasteiger partial charge in [-0.25, -0.2) is 5.01 Å². The Hall–Kier alpha value is -0.860. The number of hydrogen-bond donors (Lipinski definition) is 0. The summed E-state index contributed by atoms with van der Waals surface area (Å²) >= 11 is 0. The molecule has 0 radical (unpaired) electrons. The zero-order valence-electron chi connectivity index (χ0n) is 4.79. The summed E-state index contributed by atoms with van der Waals surface area (Å²) in [5, 5.41) is 5.13. The minimum absolute atomic E-state index is 0. The molecule has 0 N–H and O–H groups in total. The second-order valence-electron chi connectivity index (χ2n) is 1.75. The Morgan fingerprint density at radius 3 is 2.78 bits per heavy atom. The quantitative estimate of drug-likeness (QED) is 0.476. The molecule has 3 nitrogen and oxygen atoms in total. The lowest BCUT2D eigenvalue weighted by molar-refractivity contribution is -0.130. The molecule has 0 fully saturated rings. The number of carbonyl (C=O) groups is 1. The van der Waals surface area contributed by atoms with Crippen LogP contribution in [0.25, 0.3) is 0 Å². The molecule has 1 aliphatic heterocycles. The summed E-state index contributed by atoms with van der Waals surface area (Å²) in [5.41, 5.74) is 0. The van der Waals surface area contributed by atoms with Crippen LogP contribution in [0.1, 0.15) is 20.3 Å². The third-order valence-corrected chi connectivity index (χ3v) is 1.10. The van der Waals surface area contributed by atoms with Gasteiger partial charge in [0.2, 0.25) is 5.91 Å². The molecule has 1 heterocycles. The minimum atomic E-state index is 0. The predicted octanol–water partition coefficient (Wildman–Crippen LogP) is 0.861. The fourth-order valence-electron chi connectivity index (χ4n) is 0.594. The first-order valence-electron chi connectivity index (χ1n) is 2.59.